The van der Waals surface area contributed by atoms with Crippen molar-refractivity contribution in [2.24, 2.45) is 5.92 Å². The van der Waals surface area contributed by atoms with E-state index in [-0.39, 0.29) is 18.4 Å². The summed E-state index contributed by atoms with van der Waals surface area (Å²) in [6.45, 7) is 2.03. The van der Waals surface area contributed by atoms with Crippen molar-refractivity contribution in [3.63, 3.8) is 0 Å². The smallest absolute Gasteiger partial charge is 0.255 e. The van der Waals surface area contributed by atoms with Crippen molar-refractivity contribution >= 4 is 17.1 Å². The van der Waals surface area contributed by atoms with E-state index < -0.39 is 0 Å². The number of aliphatic hydroxyl groups excluding tert-OH is 1. The first kappa shape index (κ1) is 16.7. The average molecular weight is 351 g/mol. The molecule has 4 rings (SSSR count). The summed E-state index contributed by atoms with van der Waals surface area (Å²) in [5.41, 5.74) is 2.90. The summed E-state index contributed by atoms with van der Waals surface area (Å²) in [6.07, 6.45) is 6.99. The van der Waals surface area contributed by atoms with Crippen LogP contribution in [0.25, 0.3) is 11.2 Å². The van der Waals surface area contributed by atoms with E-state index in [1.54, 1.807) is 29.7 Å². The molecule has 7 nitrogen and oxygen atoms in total. The van der Waals surface area contributed by atoms with Crippen LogP contribution in [0, 0.1) is 5.92 Å². The van der Waals surface area contributed by atoms with E-state index in [2.05, 4.69) is 15.0 Å². The molecule has 1 unspecified atom stereocenters. The van der Waals surface area contributed by atoms with E-state index in [1.807, 2.05) is 22.8 Å². The van der Waals surface area contributed by atoms with Gasteiger partial charge in [-0.3, -0.25) is 9.78 Å². The van der Waals surface area contributed by atoms with Crippen LogP contribution in [0.5, 0.6) is 0 Å². The fourth-order valence-corrected chi connectivity index (χ4v) is 3.43. The van der Waals surface area contributed by atoms with Gasteiger partial charge < -0.3 is 14.6 Å². The molecule has 0 radical (unpaired) electrons. The van der Waals surface area contributed by atoms with E-state index >= 15 is 0 Å². The van der Waals surface area contributed by atoms with Crippen molar-refractivity contribution in [2.75, 3.05) is 19.7 Å². The van der Waals surface area contributed by atoms with Crippen LogP contribution in [0.2, 0.25) is 0 Å². The molecule has 0 saturated carbocycles. The number of piperidine rings is 1. The number of pyridine rings is 2. The molecule has 0 aromatic carbocycles. The lowest BCUT2D eigenvalue weighted by molar-refractivity contribution is 0.0620. The lowest BCUT2D eigenvalue weighted by atomic mass is 9.98. The molecule has 0 aliphatic carbocycles. The molecule has 4 heterocycles. The highest BCUT2D eigenvalue weighted by Gasteiger charge is 2.24. The summed E-state index contributed by atoms with van der Waals surface area (Å²) >= 11 is 0. The molecule has 1 fully saturated rings. The van der Waals surface area contributed by atoms with E-state index in [9.17, 15) is 9.90 Å². The Kier molecular flexibility index (Phi) is 4.62. The van der Waals surface area contributed by atoms with Gasteiger partial charge >= 0.3 is 0 Å². The zero-order valence-electron chi connectivity index (χ0n) is 14.5. The third kappa shape index (κ3) is 3.30. The molecule has 7 heteroatoms. The second-order valence-electron chi connectivity index (χ2n) is 6.70. The molecule has 1 aliphatic heterocycles. The highest BCUT2D eigenvalue weighted by atomic mass is 16.3. The summed E-state index contributed by atoms with van der Waals surface area (Å²) in [6, 6.07) is 7.58. The summed E-state index contributed by atoms with van der Waals surface area (Å²) in [7, 11) is 0. The minimum atomic E-state index is -0.0446. The van der Waals surface area contributed by atoms with Crippen LogP contribution in [-0.4, -0.2) is 55.1 Å². The van der Waals surface area contributed by atoms with Crippen LogP contribution in [0.1, 0.15) is 28.9 Å². The number of aromatic nitrogens is 4. The van der Waals surface area contributed by atoms with Crippen molar-refractivity contribution in [1.29, 1.82) is 0 Å². The lowest BCUT2D eigenvalue weighted by Crippen LogP contribution is -2.41. The van der Waals surface area contributed by atoms with Crippen LogP contribution in [0.15, 0.2) is 43.0 Å². The van der Waals surface area contributed by atoms with Gasteiger partial charge in [-0.05, 0) is 37.0 Å². The molecule has 3 aromatic rings. The third-order valence-electron chi connectivity index (χ3n) is 4.83. The van der Waals surface area contributed by atoms with Gasteiger partial charge in [0, 0.05) is 32.1 Å². The molecule has 26 heavy (non-hydrogen) atoms. The highest BCUT2D eigenvalue weighted by molar-refractivity contribution is 5.96. The topological polar surface area (TPSA) is 84.1 Å². The Morgan fingerprint density at radius 3 is 3.00 bits per heavy atom. The molecule has 0 bridgehead atoms. The largest absolute Gasteiger partial charge is 0.396 e. The summed E-state index contributed by atoms with van der Waals surface area (Å²) < 4.78 is 1.93. The van der Waals surface area contributed by atoms with Crippen LogP contribution in [0.4, 0.5) is 0 Å². The quantitative estimate of drug-likeness (QED) is 0.774. The maximum atomic E-state index is 12.8. The van der Waals surface area contributed by atoms with E-state index in [4.69, 9.17) is 0 Å². The van der Waals surface area contributed by atoms with Gasteiger partial charge in [-0.1, -0.05) is 6.07 Å². The van der Waals surface area contributed by atoms with E-state index in [1.165, 1.54) is 0 Å². The molecular weight excluding hydrogens is 330 g/mol. The van der Waals surface area contributed by atoms with Gasteiger partial charge in [-0.2, -0.15) is 0 Å². The Bertz CT molecular complexity index is 909. The number of amides is 1. The first-order chi connectivity index (χ1) is 12.7. The SMILES string of the molecule is O=C(c1cnc2c(c1)ncn2Cc1ccccn1)N1CCCC(CO)C1. The summed E-state index contributed by atoms with van der Waals surface area (Å²) in [5.74, 6) is 0.124. The Morgan fingerprint density at radius 1 is 1.27 bits per heavy atom. The van der Waals surface area contributed by atoms with E-state index in [0.29, 0.717) is 24.2 Å². The molecule has 3 aromatic heterocycles. The zero-order valence-corrected chi connectivity index (χ0v) is 14.5. The number of imidazole rings is 1. The third-order valence-corrected chi connectivity index (χ3v) is 4.83. The Morgan fingerprint density at radius 2 is 2.19 bits per heavy atom. The molecule has 1 aliphatic rings. The fraction of sp³-hybridized carbons (Fsp3) is 0.368. The number of hydrogen-bond acceptors (Lipinski definition) is 5. The summed E-state index contributed by atoms with van der Waals surface area (Å²) in [5, 5.41) is 9.36. The van der Waals surface area contributed by atoms with Gasteiger partial charge in [0.15, 0.2) is 5.65 Å². The molecule has 0 spiro atoms. The van der Waals surface area contributed by atoms with Crippen molar-refractivity contribution in [2.45, 2.75) is 19.4 Å². The van der Waals surface area contributed by atoms with Gasteiger partial charge in [0.25, 0.3) is 5.91 Å². The van der Waals surface area contributed by atoms with Gasteiger partial charge in [0.2, 0.25) is 0 Å². The van der Waals surface area contributed by atoms with Crippen LogP contribution in [0.3, 0.4) is 0 Å². The molecular formula is C19H21N5O2. The average Bonchev–Trinajstić information content (AvgIpc) is 3.10. The zero-order chi connectivity index (χ0) is 17.9. The molecule has 134 valence electrons. The Balaban J connectivity index is 1.55. The predicted molar refractivity (Wildman–Crippen MR) is 96.6 cm³/mol. The van der Waals surface area contributed by atoms with Crippen molar-refractivity contribution in [1.82, 2.24) is 24.4 Å². The predicted octanol–water partition coefficient (Wildman–Crippen LogP) is 1.72. The number of nitrogens with zero attached hydrogens (tertiary/aromatic N) is 5. The molecule has 1 atom stereocenters. The fourth-order valence-electron chi connectivity index (χ4n) is 3.43. The minimum Gasteiger partial charge on any atom is -0.396 e. The second kappa shape index (κ2) is 7.21. The van der Waals surface area contributed by atoms with Crippen LogP contribution in [-0.2, 0) is 6.54 Å². The number of fused-ring (bicyclic) bond motifs is 1. The first-order valence-electron chi connectivity index (χ1n) is 8.85. The minimum absolute atomic E-state index is 0.0446. The molecule has 1 N–H and O–H groups in total. The first-order valence-corrected chi connectivity index (χ1v) is 8.85. The highest BCUT2D eigenvalue weighted by Crippen LogP contribution is 2.20. The summed E-state index contributed by atoms with van der Waals surface area (Å²) in [4.78, 5) is 27.8. The Labute approximate surface area is 151 Å². The molecule has 1 saturated heterocycles. The van der Waals surface area contributed by atoms with Gasteiger partial charge in [-0.15, -0.1) is 0 Å². The second-order valence-corrected chi connectivity index (χ2v) is 6.70. The van der Waals surface area contributed by atoms with Crippen LogP contribution < -0.4 is 0 Å². The van der Waals surface area contributed by atoms with Crippen molar-refractivity contribution in [3.05, 3.63) is 54.2 Å². The van der Waals surface area contributed by atoms with Crippen molar-refractivity contribution in [3.8, 4) is 0 Å². The number of likely N-dealkylation sites (tertiary alicyclic amines) is 1. The molecule has 1 amide bonds. The normalized spacial score (nSPS) is 17.6. The number of aliphatic hydroxyl groups is 1. The van der Waals surface area contributed by atoms with Gasteiger partial charge in [0.05, 0.1) is 24.1 Å². The number of carbonyl (C=O) groups excluding carboxylic acids is 1. The van der Waals surface area contributed by atoms with E-state index in [0.717, 1.165) is 30.7 Å². The van der Waals surface area contributed by atoms with Gasteiger partial charge in [0.1, 0.15) is 5.52 Å². The Hall–Kier alpha value is -2.80. The maximum absolute atomic E-state index is 12.8. The van der Waals surface area contributed by atoms with Crippen molar-refractivity contribution < 1.29 is 9.90 Å². The number of hydrogen-bond donors (Lipinski definition) is 1. The maximum Gasteiger partial charge on any atom is 0.255 e. The number of carbonyl (C=O) groups is 1. The lowest BCUT2D eigenvalue weighted by Gasteiger charge is -2.31. The monoisotopic (exact) mass is 351 g/mol. The standard InChI is InChI=1S/C19H21N5O2/c25-12-14-4-3-7-23(10-14)19(26)15-8-17-18(21-9-15)24(13-22-17)11-16-5-1-2-6-20-16/h1-2,5-6,8-9,13-14,25H,3-4,7,10-12H2. The van der Waals surface area contributed by atoms with Crippen LogP contribution >= 0.6 is 0 Å². The number of rotatable bonds is 4. The van der Waals surface area contributed by atoms with Gasteiger partial charge in [-0.25, -0.2) is 9.97 Å².